The number of rotatable bonds is 8. The molecule has 0 heterocycles. The molecule has 1 amide bonds. The van der Waals surface area contributed by atoms with Crippen LogP contribution < -0.4 is 4.72 Å². The second-order valence-electron chi connectivity index (χ2n) is 6.49. The van der Waals surface area contributed by atoms with Gasteiger partial charge in [-0.2, -0.15) is 0 Å². The zero-order valence-electron chi connectivity index (χ0n) is 16.0. The molecule has 0 aliphatic carbocycles. The van der Waals surface area contributed by atoms with Gasteiger partial charge in [-0.15, -0.1) is 0 Å². The van der Waals surface area contributed by atoms with Gasteiger partial charge in [-0.05, 0) is 31.5 Å². The van der Waals surface area contributed by atoms with Crippen LogP contribution in [0.4, 0.5) is 5.69 Å². The molecule has 0 bridgehead atoms. The number of carbonyl (C=O) groups excluding carboxylic acids is 1. The molecule has 0 saturated carbocycles. The molecule has 2 aromatic rings. The number of nitro benzene ring substituents is 1. The predicted molar refractivity (Wildman–Crippen MR) is 105 cm³/mol. The van der Waals surface area contributed by atoms with Gasteiger partial charge in [-0.3, -0.25) is 14.9 Å². The fourth-order valence-electron chi connectivity index (χ4n) is 2.61. The lowest BCUT2D eigenvalue weighted by atomic mass is 10.1. The molecular formula is C19H23N3O5S. The normalized spacial score (nSPS) is 12.4. The molecule has 0 aromatic heterocycles. The van der Waals surface area contributed by atoms with Crippen molar-refractivity contribution in [3.8, 4) is 0 Å². The summed E-state index contributed by atoms with van der Waals surface area (Å²) in [6.07, 6.45) is -0.0269. The van der Waals surface area contributed by atoms with Crippen LogP contribution in [0.5, 0.6) is 0 Å². The van der Waals surface area contributed by atoms with Crippen molar-refractivity contribution < 1.29 is 18.1 Å². The van der Waals surface area contributed by atoms with Crippen LogP contribution in [-0.4, -0.2) is 37.7 Å². The van der Waals surface area contributed by atoms with Crippen LogP contribution in [0, 0.1) is 17.0 Å². The molecule has 1 atom stereocenters. The van der Waals surface area contributed by atoms with Crippen LogP contribution in [0.2, 0.25) is 0 Å². The number of nitro groups is 1. The Morgan fingerprint density at radius 1 is 1.21 bits per heavy atom. The summed E-state index contributed by atoms with van der Waals surface area (Å²) in [4.78, 5) is 24.4. The van der Waals surface area contributed by atoms with Crippen molar-refractivity contribution in [2.24, 2.45) is 0 Å². The van der Waals surface area contributed by atoms with E-state index in [0.717, 1.165) is 5.56 Å². The topological polar surface area (TPSA) is 110 Å². The van der Waals surface area contributed by atoms with Crippen LogP contribution >= 0.6 is 0 Å². The smallest absolute Gasteiger partial charge is 0.269 e. The van der Waals surface area contributed by atoms with E-state index in [1.54, 1.807) is 38.2 Å². The SMILES string of the molecule is Cc1ccc(S(=O)(=O)NCCC(=O)N(C)[C@H](C)c2cccc([N+](=O)[O-])c2)cc1. The Morgan fingerprint density at radius 3 is 2.46 bits per heavy atom. The lowest BCUT2D eigenvalue weighted by molar-refractivity contribution is -0.384. The molecule has 0 fully saturated rings. The van der Waals surface area contributed by atoms with Crippen molar-refractivity contribution in [1.82, 2.24) is 9.62 Å². The quantitative estimate of drug-likeness (QED) is 0.536. The first-order valence-electron chi connectivity index (χ1n) is 8.68. The van der Waals surface area contributed by atoms with Crippen molar-refractivity contribution in [3.05, 3.63) is 69.8 Å². The molecule has 2 aromatic carbocycles. The summed E-state index contributed by atoms with van der Waals surface area (Å²) in [5.74, 6) is -0.273. The van der Waals surface area contributed by atoms with Gasteiger partial charge in [0.15, 0.2) is 0 Å². The minimum absolute atomic E-state index is 0.0269. The maximum absolute atomic E-state index is 12.4. The molecule has 8 nitrogen and oxygen atoms in total. The molecule has 0 aliphatic rings. The molecule has 0 spiro atoms. The van der Waals surface area contributed by atoms with E-state index in [-0.39, 0.29) is 35.5 Å². The van der Waals surface area contributed by atoms with Gasteiger partial charge >= 0.3 is 0 Å². The average molecular weight is 405 g/mol. The molecule has 150 valence electrons. The third-order valence-corrected chi connectivity index (χ3v) is 5.98. The van der Waals surface area contributed by atoms with Crippen molar-refractivity contribution in [3.63, 3.8) is 0 Å². The predicted octanol–water partition coefficient (Wildman–Crippen LogP) is 2.79. The third-order valence-electron chi connectivity index (χ3n) is 4.50. The Balaban J connectivity index is 1.96. The lowest BCUT2D eigenvalue weighted by Crippen LogP contribution is -2.33. The van der Waals surface area contributed by atoms with Gasteiger partial charge in [0, 0.05) is 32.1 Å². The largest absolute Gasteiger partial charge is 0.339 e. The minimum atomic E-state index is -3.68. The summed E-state index contributed by atoms with van der Waals surface area (Å²) >= 11 is 0. The summed E-state index contributed by atoms with van der Waals surface area (Å²) in [6, 6.07) is 12.1. The number of sulfonamides is 1. The van der Waals surface area contributed by atoms with E-state index >= 15 is 0 Å². The maximum atomic E-state index is 12.4. The molecule has 0 unspecified atom stereocenters. The van der Waals surface area contributed by atoms with Crippen molar-refractivity contribution in [2.75, 3.05) is 13.6 Å². The Bertz CT molecular complexity index is 958. The maximum Gasteiger partial charge on any atom is 0.269 e. The minimum Gasteiger partial charge on any atom is -0.339 e. The van der Waals surface area contributed by atoms with E-state index in [1.807, 2.05) is 6.92 Å². The summed E-state index contributed by atoms with van der Waals surface area (Å²) in [7, 11) is -2.10. The molecule has 0 aliphatic heterocycles. The Hall–Kier alpha value is -2.78. The van der Waals surface area contributed by atoms with Crippen LogP contribution in [0.15, 0.2) is 53.4 Å². The second kappa shape index (κ2) is 8.94. The molecule has 1 N–H and O–H groups in total. The zero-order chi connectivity index (χ0) is 20.9. The average Bonchev–Trinajstić information content (AvgIpc) is 2.67. The number of benzene rings is 2. The van der Waals surface area contributed by atoms with Gasteiger partial charge < -0.3 is 4.90 Å². The number of aryl methyl sites for hydroxylation is 1. The van der Waals surface area contributed by atoms with Gasteiger partial charge in [0.1, 0.15) is 0 Å². The standard InChI is InChI=1S/C19H23N3O5S/c1-14-7-9-18(10-8-14)28(26,27)20-12-11-19(23)21(3)15(2)16-5-4-6-17(13-16)22(24)25/h4-10,13,15,20H,11-12H2,1-3H3/t15-/m1/s1. The first kappa shape index (κ1) is 21.5. The number of hydrogen-bond donors (Lipinski definition) is 1. The molecule has 0 radical (unpaired) electrons. The fraction of sp³-hybridized carbons (Fsp3) is 0.316. The monoisotopic (exact) mass is 405 g/mol. The Labute approximate surface area is 164 Å². The number of amides is 1. The van der Waals surface area contributed by atoms with Crippen LogP contribution in [0.25, 0.3) is 0 Å². The van der Waals surface area contributed by atoms with Crippen LogP contribution in [-0.2, 0) is 14.8 Å². The fourth-order valence-corrected chi connectivity index (χ4v) is 3.64. The Kier molecular flexibility index (Phi) is 6.87. The summed E-state index contributed by atoms with van der Waals surface area (Å²) in [6.45, 7) is 3.58. The number of hydrogen-bond acceptors (Lipinski definition) is 5. The van der Waals surface area contributed by atoms with Crippen LogP contribution in [0.1, 0.15) is 30.5 Å². The van der Waals surface area contributed by atoms with Gasteiger partial charge in [0.05, 0.1) is 15.9 Å². The Morgan fingerprint density at radius 2 is 1.86 bits per heavy atom. The molecule has 9 heteroatoms. The van der Waals surface area contributed by atoms with Crippen molar-refractivity contribution in [1.29, 1.82) is 0 Å². The molecular weight excluding hydrogens is 382 g/mol. The number of nitrogens with one attached hydrogen (secondary N) is 1. The second-order valence-corrected chi connectivity index (χ2v) is 8.26. The first-order chi connectivity index (χ1) is 13.1. The lowest BCUT2D eigenvalue weighted by Gasteiger charge is -2.25. The van der Waals surface area contributed by atoms with E-state index in [0.29, 0.717) is 5.56 Å². The molecule has 28 heavy (non-hydrogen) atoms. The van der Waals surface area contributed by atoms with Gasteiger partial charge in [0.2, 0.25) is 15.9 Å². The van der Waals surface area contributed by atoms with E-state index in [1.165, 1.54) is 29.2 Å². The zero-order valence-corrected chi connectivity index (χ0v) is 16.8. The number of carbonyl (C=O) groups is 1. The van der Waals surface area contributed by atoms with Gasteiger partial charge in [-0.1, -0.05) is 29.8 Å². The third kappa shape index (κ3) is 5.37. The van der Waals surface area contributed by atoms with Gasteiger partial charge in [-0.25, -0.2) is 13.1 Å². The number of nitrogens with zero attached hydrogens (tertiary/aromatic N) is 2. The highest BCUT2D eigenvalue weighted by molar-refractivity contribution is 7.89. The van der Waals surface area contributed by atoms with E-state index in [4.69, 9.17) is 0 Å². The van der Waals surface area contributed by atoms with Crippen molar-refractivity contribution >= 4 is 21.6 Å². The summed E-state index contributed by atoms with van der Waals surface area (Å²) in [5.41, 5.74) is 1.53. The van der Waals surface area contributed by atoms with E-state index in [9.17, 15) is 23.3 Å². The highest BCUT2D eigenvalue weighted by Gasteiger charge is 2.20. The molecule has 2 rings (SSSR count). The van der Waals surface area contributed by atoms with Gasteiger partial charge in [0.25, 0.3) is 5.69 Å². The van der Waals surface area contributed by atoms with Crippen molar-refractivity contribution in [2.45, 2.75) is 31.2 Å². The highest BCUT2D eigenvalue weighted by atomic mass is 32.2. The van der Waals surface area contributed by atoms with E-state index in [2.05, 4.69) is 4.72 Å². The molecule has 0 saturated heterocycles. The first-order valence-corrected chi connectivity index (χ1v) is 10.2. The summed E-state index contributed by atoms with van der Waals surface area (Å²) in [5, 5.41) is 10.9. The highest BCUT2D eigenvalue weighted by Crippen LogP contribution is 2.23. The van der Waals surface area contributed by atoms with E-state index < -0.39 is 14.9 Å². The summed E-state index contributed by atoms with van der Waals surface area (Å²) < 4.78 is 26.9. The van der Waals surface area contributed by atoms with Crippen LogP contribution in [0.3, 0.4) is 0 Å². The number of non-ortho nitro benzene ring substituents is 1.